The van der Waals surface area contributed by atoms with Crippen molar-refractivity contribution in [1.29, 1.82) is 0 Å². The molecule has 0 aliphatic heterocycles. The molecule has 0 aliphatic carbocycles. The van der Waals surface area contributed by atoms with E-state index >= 15 is 0 Å². The molecule has 0 saturated heterocycles. The molecule has 3 aromatic rings. The molecule has 4 N–H and O–H groups in total. The van der Waals surface area contributed by atoms with Crippen molar-refractivity contribution in [3.8, 4) is 16.9 Å². The Bertz CT molecular complexity index is 911. The molecule has 1 heterocycles. The minimum atomic E-state index is -3.68. The molecule has 0 aliphatic rings. The Labute approximate surface area is 135 Å². The molecule has 3 rings (SSSR count). The highest BCUT2D eigenvalue weighted by molar-refractivity contribution is 7.89. The van der Waals surface area contributed by atoms with Crippen LogP contribution in [-0.4, -0.2) is 13.0 Å². The summed E-state index contributed by atoms with van der Waals surface area (Å²) in [5.74, 6) is 0. The first-order valence-corrected chi connectivity index (χ1v) is 8.63. The summed E-state index contributed by atoms with van der Waals surface area (Å²) in [6, 6.07) is 18.4. The lowest BCUT2D eigenvalue weighted by Crippen LogP contribution is -2.11. The van der Waals surface area contributed by atoms with Crippen LogP contribution in [-0.2, 0) is 16.6 Å². The first kappa shape index (κ1) is 15.5. The van der Waals surface area contributed by atoms with Crippen molar-refractivity contribution in [2.24, 2.45) is 10.9 Å². The van der Waals surface area contributed by atoms with E-state index in [9.17, 15) is 8.42 Å². The Morgan fingerprint density at radius 2 is 1.57 bits per heavy atom. The maximum atomic E-state index is 11.3. The zero-order valence-electron chi connectivity index (χ0n) is 12.4. The monoisotopic (exact) mass is 327 g/mol. The summed E-state index contributed by atoms with van der Waals surface area (Å²) in [6.07, 6.45) is 1.96. The van der Waals surface area contributed by atoms with E-state index in [-0.39, 0.29) is 4.90 Å². The van der Waals surface area contributed by atoms with Gasteiger partial charge in [0.1, 0.15) is 0 Å². The molecule has 6 heteroatoms. The number of primary sulfonamides is 1. The molecule has 118 valence electrons. The number of benzene rings is 2. The summed E-state index contributed by atoms with van der Waals surface area (Å²) in [6.45, 7) is 0.508. The molecule has 0 amide bonds. The zero-order chi connectivity index (χ0) is 16.4. The smallest absolute Gasteiger partial charge is 0.238 e. The Hall–Kier alpha value is -2.41. The van der Waals surface area contributed by atoms with Gasteiger partial charge in [0.25, 0.3) is 0 Å². The average molecular weight is 327 g/mol. The fraction of sp³-hybridized carbons (Fsp3) is 0.0588. The maximum Gasteiger partial charge on any atom is 0.238 e. The third-order valence-corrected chi connectivity index (χ3v) is 4.61. The van der Waals surface area contributed by atoms with Crippen molar-refractivity contribution in [2.75, 3.05) is 0 Å². The second kappa shape index (κ2) is 6.00. The fourth-order valence-corrected chi connectivity index (χ4v) is 2.96. The van der Waals surface area contributed by atoms with Crippen LogP contribution >= 0.6 is 0 Å². The van der Waals surface area contributed by atoms with Gasteiger partial charge in [-0.05, 0) is 47.5 Å². The van der Waals surface area contributed by atoms with Crippen LogP contribution < -0.4 is 10.9 Å². The van der Waals surface area contributed by atoms with E-state index in [2.05, 4.69) is 0 Å². The summed E-state index contributed by atoms with van der Waals surface area (Å²) in [4.78, 5) is 0.103. The second-order valence-corrected chi connectivity index (χ2v) is 6.76. The summed E-state index contributed by atoms with van der Waals surface area (Å²) < 4.78 is 24.7. The SMILES string of the molecule is NCc1ccc(-n2cccc2-c2ccc(S(N)(=O)=O)cc2)cc1. The van der Waals surface area contributed by atoms with E-state index in [1.807, 2.05) is 47.2 Å². The Morgan fingerprint density at radius 3 is 2.13 bits per heavy atom. The number of rotatable bonds is 4. The van der Waals surface area contributed by atoms with Crippen LogP contribution in [0.3, 0.4) is 0 Å². The summed E-state index contributed by atoms with van der Waals surface area (Å²) >= 11 is 0. The standard InChI is InChI=1S/C17H17N3O2S/c18-12-13-3-7-15(8-4-13)20-11-1-2-17(20)14-5-9-16(10-6-14)23(19,21)22/h1-11H,12,18H2,(H2,19,21,22). The Kier molecular flexibility index (Phi) is 4.04. The molecule has 0 spiro atoms. The third-order valence-electron chi connectivity index (χ3n) is 3.68. The number of hydrogen-bond acceptors (Lipinski definition) is 3. The highest BCUT2D eigenvalue weighted by atomic mass is 32.2. The van der Waals surface area contributed by atoms with Gasteiger partial charge in [-0.3, -0.25) is 0 Å². The van der Waals surface area contributed by atoms with E-state index in [1.54, 1.807) is 12.1 Å². The molecule has 23 heavy (non-hydrogen) atoms. The van der Waals surface area contributed by atoms with Gasteiger partial charge in [-0.15, -0.1) is 0 Å². The molecule has 5 nitrogen and oxygen atoms in total. The van der Waals surface area contributed by atoms with E-state index in [0.717, 1.165) is 22.5 Å². The van der Waals surface area contributed by atoms with Crippen LogP contribution in [0.5, 0.6) is 0 Å². The minimum Gasteiger partial charge on any atom is -0.326 e. The summed E-state index contributed by atoms with van der Waals surface area (Å²) in [7, 11) is -3.68. The van der Waals surface area contributed by atoms with Gasteiger partial charge in [0.05, 0.1) is 10.6 Å². The van der Waals surface area contributed by atoms with Crippen LogP contribution in [0.2, 0.25) is 0 Å². The quantitative estimate of drug-likeness (QED) is 0.770. The predicted molar refractivity (Wildman–Crippen MR) is 90.5 cm³/mol. The van der Waals surface area contributed by atoms with Crippen LogP contribution in [0.4, 0.5) is 0 Å². The van der Waals surface area contributed by atoms with Crippen molar-refractivity contribution >= 4 is 10.0 Å². The van der Waals surface area contributed by atoms with Crippen molar-refractivity contribution in [3.63, 3.8) is 0 Å². The first-order valence-electron chi connectivity index (χ1n) is 7.09. The van der Waals surface area contributed by atoms with E-state index < -0.39 is 10.0 Å². The Morgan fingerprint density at radius 1 is 0.913 bits per heavy atom. The predicted octanol–water partition coefficient (Wildman–Crippen LogP) is 2.25. The van der Waals surface area contributed by atoms with Crippen molar-refractivity contribution in [1.82, 2.24) is 4.57 Å². The molecule has 0 fully saturated rings. The summed E-state index contributed by atoms with van der Waals surface area (Å²) in [5, 5.41) is 5.13. The number of nitrogens with two attached hydrogens (primary N) is 2. The molecule has 0 saturated carbocycles. The Balaban J connectivity index is 2.00. The fourth-order valence-electron chi connectivity index (χ4n) is 2.45. The third kappa shape index (κ3) is 3.19. The van der Waals surface area contributed by atoms with Gasteiger partial charge in [0.2, 0.25) is 10.0 Å². The van der Waals surface area contributed by atoms with Crippen molar-refractivity contribution < 1.29 is 8.42 Å². The molecule has 0 atom stereocenters. The molecule has 0 radical (unpaired) electrons. The minimum absolute atomic E-state index is 0.103. The molecule has 0 bridgehead atoms. The van der Waals surface area contributed by atoms with E-state index in [4.69, 9.17) is 10.9 Å². The van der Waals surface area contributed by atoms with Crippen LogP contribution in [0.15, 0.2) is 71.8 Å². The van der Waals surface area contributed by atoms with Crippen LogP contribution in [0, 0.1) is 0 Å². The first-order chi connectivity index (χ1) is 11.0. The lowest BCUT2D eigenvalue weighted by molar-refractivity contribution is 0.598. The number of sulfonamides is 1. The van der Waals surface area contributed by atoms with Gasteiger partial charge in [0, 0.05) is 18.4 Å². The maximum absolute atomic E-state index is 11.3. The molecule has 2 aromatic carbocycles. The lowest BCUT2D eigenvalue weighted by atomic mass is 10.1. The van der Waals surface area contributed by atoms with Crippen LogP contribution in [0.1, 0.15) is 5.56 Å². The van der Waals surface area contributed by atoms with Crippen molar-refractivity contribution in [2.45, 2.75) is 11.4 Å². The van der Waals surface area contributed by atoms with Gasteiger partial charge >= 0.3 is 0 Å². The van der Waals surface area contributed by atoms with Gasteiger partial charge in [-0.1, -0.05) is 24.3 Å². The van der Waals surface area contributed by atoms with Crippen molar-refractivity contribution in [3.05, 3.63) is 72.4 Å². The molecule has 0 unspecified atom stereocenters. The van der Waals surface area contributed by atoms with E-state index in [1.165, 1.54) is 12.1 Å². The van der Waals surface area contributed by atoms with Gasteiger partial charge in [0.15, 0.2) is 0 Å². The molecule has 1 aromatic heterocycles. The van der Waals surface area contributed by atoms with Gasteiger partial charge in [-0.25, -0.2) is 13.6 Å². The normalized spacial score (nSPS) is 11.6. The summed E-state index contributed by atoms with van der Waals surface area (Å²) in [5.41, 5.74) is 9.58. The zero-order valence-corrected chi connectivity index (χ0v) is 13.2. The van der Waals surface area contributed by atoms with Gasteiger partial charge in [-0.2, -0.15) is 0 Å². The largest absolute Gasteiger partial charge is 0.326 e. The van der Waals surface area contributed by atoms with E-state index in [0.29, 0.717) is 6.54 Å². The van der Waals surface area contributed by atoms with Gasteiger partial charge < -0.3 is 10.3 Å². The number of aromatic nitrogens is 1. The highest BCUT2D eigenvalue weighted by Crippen LogP contribution is 2.25. The topological polar surface area (TPSA) is 91.1 Å². The molecular formula is C17H17N3O2S. The van der Waals surface area contributed by atoms with Crippen LogP contribution in [0.25, 0.3) is 16.9 Å². The lowest BCUT2D eigenvalue weighted by Gasteiger charge is -2.10. The molecular weight excluding hydrogens is 310 g/mol. The average Bonchev–Trinajstić information content (AvgIpc) is 3.04. The highest BCUT2D eigenvalue weighted by Gasteiger charge is 2.10. The number of nitrogens with zero attached hydrogens (tertiary/aromatic N) is 1. The second-order valence-electron chi connectivity index (χ2n) is 5.20. The number of hydrogen-bond donors (Lipinski definition) is 2.